The Labute approximate surface area is 806 Å². The molecule has 10 aromatic rings. The number of pyridine rings is 8. The van der Waals surface area contributed by atoms with Gasteiger partial charge in [-0.1, -0.05) is 136 Å². The second kappa shape index (κ2) is 62.1. The van der Waals surface area contributed by atoms with Crippen LogP contribution < -0.4 is 71.5 Å². The third-order valence-corrected chi connectivity index (χ3v) is 20.1. The number of primary amides is 10. The minimum Gasteiger partial charge on any atom is -0.497 e. The van der Waals surface area contributed by atoms with Crippen LogP contribution in [0.1, 0.15) is 267 Å². The Morgan fingerprint density at radius 2 is 0.748 bits per heavy atom. The quantitative estimate of drug-likeness (QED) is 0.0170. The van der Waals surface area contributed by atoms with Crippen molar-refractivity contribution in [2.24, 2.45) is 57.3 Å². The molecule has 0 aliphatic rings. The van der Waals surface area contributed by atoms with E-state index in [0.717, 1.165) is 80.9 Å². The van der Waals surface area contributed by atoms with Crippen LogP contribution in [0, 0.1) is 19.7 Å². The lowest BCUT2D eigenvalue weighted by atomic mass is 9.81. The van der Waals surface area contributed by atoms with Crippen LogP contribution in [0.3, 0.4) is 0 Å². The van der Waals surface area contributed by atoms with Gasteiger partial charge in [0.25, 0.3) is 0 Å². The van der Waals surface area contributed by atoms with Gasteiger partial charge in [-0.2, -0.15) is 26.3 Å². The fourth-order valence-corrected chi connectivity index (χ4v) is 12.5. The van der Waals surface area contributed by atoms with Crippen LogP contribution in [-0.2, 0) is 71.3 Å². The van der Waals surface area contributed by atoms with Gasteiger partial charge in [-0.3, -0.25) is 77.8 Å². The van der Waals surface area contributed by atoms with Gasteiger partial charge in [0.1, 0.15) is 17.3 Å². The Morgan fingerprint density at radius 3 is 1.14 bits per heavy atom. The molecule has 0 spiro atoms. The number of rotatable bonds is 33. The molecule has 9 atom stereocenters. The predicted octanol–water partition coefficient (Wildman–Crippen LogP) is 13.9. The molecule has 9 unspecified atom stereocenters. The molecule has 0 aliphatic carbocycles. The topological polar surface area (TPSA) is 582 Å². The highest BCUT2D eigenvalue weighted by Crippen LogP contribution is 2.35. The summed E-state index contributed by atoms with van der Waals surface area (Å²) in [5.41, 5.74) is 56.6. The summed E-state index contributed by atoms with van der Waals surface area (Å²) < 4.78 is 102. The fourth-order valence-electron chi connectivity index (χ4n) is 12.5. The van der Waals surface area contributed by atoms with Gasteiger partial charge in [0, 0.05) is 165 Å². The van der Waals surface area contributed by atoms with Gasteiger partial charge in [-0.25, -0.2) is 14.4 Å². The largest absolute Gasteiger partial charge is 0.497 e. The van der Waals surface area contributed by atoms with Crippen LogP contribution >= 0.6 is 0 Å². The summed E-state index contributed by atoms with van der Waals surface area (Å²) in [5.74, 6) is -2.00. The third kappa shape index (κ3) is 52.2. The second-order valence-electron chi connectivity index (χ2n) is 33.4. The van der Waals surface area contributed by atoms with Crippen molar-refractivity contribution in [3.8, 4) is 17.5 Å². The SMILES string of the molecule is CC(CC(N)=O)c1ccc(C(F)(F)F)nc1.CC(CC(N)=O)c1ccccn1.CC(CC(N)=O)c1cccnc1.CC(CC(N)=O)c1ncccc1F.CC(O)(CC(N)=O)c1cccc(C(F)(F)F)c1.COc1ccc(C(C)(C)CC(N)=O)cc1.COc1ccc(C(C)CC(N)=O)cn1.COc1cccc(C(C)CC(N)=O)n1.Cc1ccc(C(C)CC(N)=O)cn1.Cc1cccc(C(C)CC(N)=O)n1. The highest BCUT2D eigenvalue weighted by atomic mass is 19.4. The Kier molecular flexibility index (Phi) is 54.6. The van der Waals surface area contributed by atoms with Gasteiger partial charge in [0.15, 0.2) is 0 Å². The summed E-state index contributed by atoms with van der Waals surface area (Å²) in [6, 6.07) is 45.2. The van der Waals surface area contributed by atoms with E-state index in [9.17, 15) is 83.8 Å². The lowest BCUT2D eigenvalue weighted by molar-refractivity contribution is -0.141. The molecule has 0 radical (unpaired) electrons. The number of ether oxygens (including phenoxy) is 3. The first-order valence-corrected chi connectivity index (χ1v) is 43.5. The van der Waals surface area contributed by atoms with E-state index >= 15 is 0 Å². The Hall–Kier alpha value is -14.8. The lowest BCUT2D eigenvalue weighted by Gasteiger charge is -2.23. The molecular weight excluding hydrogens is 1810 g/mol. The van der Waals surface area contributed by atoms with E-state index in [2.05, 4.69) is 39.9 Å². The third-order valence-electron chi connectivity index (χ3n) is 20.1. The Balaban J connectivity index is 0.000000773. The van der Waals surface area contributed by atoms with Crippen LogP contribution in [0.5, 0.6) is 17.5 Å². The average molecular weight is 1940 g/mol. The first kappa shape index (κ1) is 122. The number of alkyl halides is 6. The second-order valence-corrected chi connectivity index (χ2v) is 33.4. The van der Waals surface area contributed by atoms with Crippen LogP contribution in [0.4, 0.5) is 30.7 Å². The summed E-state index contributed by atoms with van der Waals surface area (Å²) >= 11 is 0. The number of carbonyl (C=O) groups excluding carboxylic acids is 10. The first-order chi connectivity index (χ1) is 64.8. The van der Waals surface area contributed by atoms with Crippen molar-refractivity contribution in [1.82, 2.24) is 39.9 Å². The lowest BCUT2D eigenvalue weighted by Crippen LogP contribution is -2.29. The number of nitrogens with two attached hydrogens (primary N) is 10. The highest BCUT2D eigenvalue weighted by molar-refractivity contribution is 5.78. The first-order valence-electron chi connectivity index (χ1n) is 43.5. The molecule has 32 nitrogen and oxygen atoms in total. The van der Waals surface area contributed by atoms with E-state index in [4.69, 9.17) is 71.5 Å². The summed E-state index contributed by atoms with van der Waals surface area (Å²) in [6.45, 7) is 24.2. The number of nitrogens with zero attached hydrogens (tertiary/aromatic N) is 8. The zero-order valence-electron chi connectivity index (χ0n) is 81.1. The summed E-state index contributed by atoms with van der Waals surface area (Å²) in [7, 11) is 4.75. The molecule has 8 heterocycles. The minimum absolute atomic E-state index is 0.00567. The van der Waals surface area contributed by atoms with E-state index in [1.165, 1.54) is 43.5 Å². The van der Waals surface area contributed by atoms with Crippen molar-refractivity contribution < 1.29 is 98.0 Å². The molecule has 0 aliphatic heterocycles. The summed E-state index contributed by atoms with van der Waals surface area (Å²) in [4.78, 5) is 139. The number of amides is 10. The normalized spacial score (nSPS) is 12.7. The van der Waals surface area contributed by atoms with E-state index in [-0.39, 0.29) is 113 Å². The van der Waals surface area contributed by atoms with Crippen molar-refractivity contribution in [2.75, 3.05) is 21.3 Å². The molecule has 21 N–H and O–H groups in total. The summed E-state index contributed by atoms with van der Waals surface area (Å²) in [5, 5.41) is 9.88. The van der Waals surface area contributed by atoms with Gasteiger partial charge >= 0.3 is 12.4 Å². The van der Waals surface area contributed by atoms with Crippen LogP contribution in [0.2, 0.25) is 0 Å². The van der Waals surface area contributed by atoms with Crippen molar-refractivity contribution in [3.05, 3.63) is 292 Å². The number of aromatic nitrogens is 8. The van der Waals surface area contributed by atoms with Crippen molar-refractivity contribution in [1.29, 1.82) is 0 Å². The molecule has 10 rings (SSSR count). The van der Waals surface area contributed by atoms with Crippen molar-refractivity contribution in [3.63, 3.8) is 0 Å². The van der Waals surface area contributed by atoms with Crippen LogP contribution in [0.25, 0.3) is 0 Å². The number of benzene rings is 2. The molecule has 10 amide bonds. The molecule has 754 valence electrons. The fraction of sp³-hybridized carbons (Fsp3) is 0.380. The van der Waals surface area contributed by atoms with E-state index < -0.39 is 59.2 Å². The number of halogens is 7. The number of aliphatic hydroxyl groups is 1. The maximum atomic E-state index is 13.1. The molecule has 139 heavy (non-hydrogen) atoms. The predicted molar refractivity (Wildman–Crippen MR) is 514 cm³/mol. The van der Waals surface area contributed by atoms with Gasteiger partial charge in [0.05, 0.1) is 44.6 Å². The zero-order valence-corrected chi connectivity index (χ0v) is 81.1. The van der Waals surface area contributed by atoms with Gasteiger partial charge in [-0.05, 0) is 168 Å². The van der Waals surface area contributed by atoms with Crippen LogP contribution in [0.15, 0.2) is 207 Å². The Bertz CT molecular complexity index is 5370. The highest BCUT2D eigenvalue weighted by Gasteiger charge is 2.35. The maximum Gasteiger partial charge on any atom is 0.433 e. The van der Waals surface area contributed by atoms with E-state index in [0.29, 0.717) is 68.0 Å². The van der Waals surface area contributed by atoms with Crippen LogP contribution in [-0.4, -0.2) is 125 Å². The smallest absolute Gasteiger partial charge is 0.433 e. The number of methoxy groups -OCH3 is 3. The Morgan fingerprint density at radius 1 is 0.338 bits per heavy atom. The molecule has 0 saturated carbocycles. The minimum atomic E-state index is -4.49. The molecule has 2 aromatic carbocycles. The molecular formula is C100H131F7N18O14. The molecule has 0 saturated heterocycles. The van der Waals surface area contributed by atoms with Gasteiger partial charge in [0.2, 0.25) is 70.8 Å². The van der Waals surface area contributed by atoms with E-state index in [1.54, 1.807) is 78.3 Å². The van der Waals surface area contributed by atoms with Gasteiger partial charge in [-0.15, -0.1) is 0 Å². The molecule has 8 aromatic heterocycles. The standard InChI is InChI=1S/C12H17NO2.C11H12F3NO2.C10H11F3N2O.2C10H14N2O2.2C10H14N2O.C9H11FN2O.2C9H12N2O/c1-12(2,8-11(13)14)9-4-6-10(15-3)7-5-9;1-10(17,6-9(15)16)7-3-2-4-8(5-7)11(12,13)14;1-6(4-9(14)16)7-2-3-8(15-5-7)10(11,12)13;1-7(5-9(11)13)8-3-4-10(14-2)12-6-8;1-7(6-9(11)13)8-4-3-5-10(12-8)14-2;1-7(5-10(11)13)9-4-3-8(2)12-6-9;1-7(6-10(11)13)9-5-3-4-8(2)12-9;1-6(5-8(11)13)9-7(10)3-2-4-12-9;1-7(5-9(10)12)8-3-2-4-11-6-8;1-7(6-9(10)12)8-4-2-3-5-11-8/h4-7H,8H2,1-3H3,(H2,13,14);2-5,17H,6H2,1H3,(H2,15,16);2-3,5-6H,4H2,1H3,(H2,14,16);3-4,6-7H,5H2,1-2H3,(H2,11,13);3-5,7H,6H2,1-2H3,(H2,11,13);3-4,6-7H,5H2,1-2H3,(H2,11,13);3-5,7H,6H2,1-2H3,(H2,11,13);2-4,6H,5H2,1H3,(H2,11,13);2-4,6-7H,5H2,1H3,(H2,10,12);2-5,7H,6H2,1H3,(H2,10,12). The average Bonchev–Trinajstić information content (AvgIpc) is 0.822. The van der Waals surface area contributed by atoms with Crippen molar-refractivity contribution >= 4 is 59.1 Å². The number of hydrogen-bond acceptors (Lipinski definition) is 22. The molecule has 0 bridgehead atoms. The van der Waals surface area contributed by atoms with E-state index in [1.807, 2.05) is 172 Å². The summed E-state index contributed by atoms with van der Waals surface area (Å²) in [6.07, 6.45) is 4.61. The number of aryl methyl sites for hydroxylation is 2. The number of hydrogen-bond donors (Lipinski definition) is 11. The monoisotopic (exact) mass is 1940 g/mol. The number of carbonyl (C=O) groups is 10. The maximum absolute atomic E-state index is 13.1. The van der Waals surface area contributed by atoms with Crippen molar-refractivity contribution in [2.45, 2.75) is 225 Å². The molecule has 0 fully saturated rings. The molecule has 39 heteroatoms. The zero-order chi connectivity index (χ0) is 106. The van der Waals surface area contributed by atoms with Gasteiger partial charge < -0.3 is 76.7 Å².